The second kappa shape index (κ2) is 5.02. The van der Waals surface area contributed by atoms with Crippen LogP contribution in [0, 0.1) is 5.92 Å². The maximum Gasteiger partial charge on any atom is 0.214 e. The van der Waals surface area contributed by atoms with Crippen LogP contribution < -0.4 is 5.32 Å². The maximum absolute atomic E-state index is 12.2. The summed E-state index contributed by atoms with van der Waals surface area (Å²) in [6.45, 7) is 7.33. The zero-order valence-corrected chi connectivity index (χ0v) is 11.6. The highest BCUT2D eigenvalue weighted by Gasteiger charge is 2.42. The molecule has 1 saturated heterocycles. The molecule has 96 valence electrons. The number of rotatable bonds is 5. The number of sulfonamides is 1. The fraction of sp³-hybridized carbons (Fsp3) is 1.00. The summed E-state index contributed by atoms with van der Waals surface area (Å²) in [5.74, 6) is 0.441. The number of likely N-dealkylation sites (N-methyl/N-ethyl adjacent to an activating group) is 1. The molecule has 16 heavy (non-hydrogen) atoms. The Morgan fingerprint density at radius 3 is 2.56 bits per heavy atom. The summed E-state index contributed by atoms with van der Waals surface area (Å²) < 4.78 is 26.2. The van der Waals surface area contributed by atoms with Crippen LogP contribution in [0.4, 0.5) is 0 Å². The van der Waals surface area contributed by atoms with Crippen LogP contribution in [0.5, 0.6) is 0 Å². The summed E-state index contributed by atoms with van der Waals surface area (Å²) in [6, 6.07) is 0. The minimum atomic E-state index is -3.10. The standard InChI is InChI=1S/C11H24N2O2S/c1-10(2)8-16(14,15)13-7-5-6-11(13,3)9-12-4/h10,12H,5-9H2,1-4H3. The Balaban J connectivity index is 2.86. The summed E-state index contributed by atoms with van der Waals surface area (Å²) in [6.07, 6.45) is 1.92. The SMILES string of the molecule is CNCC1(C)CCCN1S(=O)(=O)CC(C)C. The largest absolute Gasteiger partial charge is 0.318 e. The van der Waals surface area contributed by atoms with E-state index < -0.39 is 10.0 Å². The average Bonchev–Trinajstić information content (AvgIpc) is 2.46. The van der Waals surface area contributed by atoms with Crippen LogP contribution in [0.1, 0.15) is 33.6 Å². The molecular formula is C11H24N2O2S. The molecule has 0 aromatic heterocycles. The van der Waals surface area contributed by atoms with Gasteiger partial charge in [0.15, 0.2) is 0 Å². The van der Waals surface area contributed by atoms with Gasteiger partial charge in [-0.1, -0.05) is 13.8 Å². The first-order valence-electron chi connectivity index (χ1n) is 5.97. The van der Waals surface area contributed by atoms with Gasteiger partial charge in [0.05, 0.1) is 5.75 Å². The summed E-state index contributed by atoms with van der Waals surface area (Å²) in [4.78, 5) is 0. The number of hydrogen-bond donors (Lipinski definition) is 1. The van der Waals surface area contributed by atoms with E-state index in [9.17, 15) is 8.42 Å². The van der Waals surface area contributed by atoms with Gasteiger partial charge in [0.25, 0.3) is 0 Å². The van der Waals surface area contributed by atoms with Gasteiger partial charge in [-0.05, 0) is 32.7 Å². The molecule has 4 nitrogen and oxygen atoms in total. The van der Waals surface area contributed by atoms with E-state index in [1.807, 2.05) is 27.8 Å². The lowest BCUT2D eigenvalue weighted by Crippen LogP contribution is -2.51. The van der Waals surface area contributed by atoms with E-state index in [-0.39, 0.29) is 17.2 Å². The Labute approximate surface area is 99.5 Å². The summed E-state index contributed by atoms with van der Waals surface area (Å²) >= 11 is 0. The molecule has 1 heterocycles. The van der Waals surface area contributed by atoms with Gasteiger partial charge in [-0.25, -0.2) is 8.42 Å². The minimum absolute atomic E-state index is 0.185. The van der Waals surface area contributed by atoms with Crippen LogP contribution in [-0.4, -0.2) is 44.2 Å². The van der Waals surface area contributed by atoms with E-state index >= 15 is 0 Å². The molecule has 1 unspecified atom stereocenters. The highest BCUT2D eigenvalue weighted by Crippen LogP contribution is 2.31. The number of hydrogen-bond acceptors (Lipinski definition) is 3. The van der Waals surface area contributed by atoms with Crippen molar-refractivity contribution in [1.82, 2.24) is 9.62 Å². The monoisotopic (exact) mass is 248 g/mol. The van der Waals surface area contributed by atoms with E-state index in [0.717, 1.165) is 19.4 Å². The fourth-order valence-electron chi connectivity index (χ4n) is 2.54. The Kier molecular flexibility index (Phi) is 4.37. The summed E-state index contributed by atoms with van der Waals surface area (Å²) in [7, 11) is -1.22. The van der Waals surface area contributed by atoms with Crippen molar-refractivity contribution in [2.45, 2.75) is 39.2 Å². The summed E-state index contributed by atoms with van der Waals surface area (Å²) in [5.41, 5.74) is -0.234. The zero-order valence-electron chi connectivity index (χ0n) is 10.8. The van der Waals surface area contributed by atoms with Crippen molar-refractivity contribution in [3.63, 3.8) is 0 Å². The third-order valence-corrected chi connectivity index (χ3v) is 5.50. The molecule has 0 aromatic carbocycles. The maximum atomic E-state index is 12.2. The molecule has 0 spiro atoms. The lowest BCUT2D eigenvalue weighted by atomic mass is 10.0. The zero-order chi connectivity index (χ0) is 12.4. The minimum Gasteiger partial charge on any atom is -0.318 e. The van der Waals surface area contributed by atoms with Gasteiger partial charge in [0.2, 0.25) is 10.0 Å². The third-order valence-electron chi connectivity index (χ3n) is 3.12. The summed E-state index contributed by atoms with van der Waals surface area (Å²) in [5, 5.41) is 3.10. The molecule has 0 saturated carbocycles. The quantitative estimate of drug-likeness (QED) is 0.791. The first-order valence-corrected chi connectivity index (χ1v) is 7.58. The van der Waals surface area contributed by atoms with Gasteiger partial charge < -0.3 is 5.32 Å². The van der Waals surface area contributed by atoms with E-state index in [1.165, 1.54) is 0 Å². The van der Waals surface area contributed by atoms with Crippen molar-refractivity contribution in [2.75, 3.05) is 25.9 Å². The van der Waals surface area contributed by atoms with Gasteiger partial charge in [-0.3, -0.25) is 0 Å². The fourth-order valence-corrected chi connectivity index (χ4v) is 4.80. The third kappa shape index (κ3) is 2.96. The van der Waals surface area contributed by atoms with Crippen LogP contribution in [0.3, 0.4) is 0 Å². The van der Waals surface area contributed by atoms with Crippen LogP contribution in [0.2, 0.25) is 0 Å². The van der Waals surface area contributed by atoms with Gasteiger partial charge >= 0.3 is 0 Å². The predicted molar refractivity (Wildman–Crippen MR) is 66.9 cm³/mol. The smallest absolute Gasteiger partial charge is 0.214 e. The number of nitrogens with one attached hydrogen (secondary N) is 1. The lowest BCUT2D eigenvalue weighted by Gasteiger charge is -2.34. The van der Waals surface area contributed by atoms with Crippen LogP contribution in [-0.2, 0) is 10.0 Å². The second-order valence-corrected chi connectivity index (χ2v) is 7.31. The van der Waals surface area contributed by atoms with Gasteiger partial charge in [0, 0.05) is 18.6 Å². The van der Waals surface area contributed by atoms with Crippen molar-refractivity contribution in [2.24, 2.45) is 5.92 Å². The molecule has 1 atom stereocenters. The molecule has 1 fully saturated rings. The normalized spacial score (nSPS) is 27.8. The molecular weight excluding hydrogens is 224 g/mol. The van der Waals surface area contributed by atoms with Crippen molar-refractivity contribution in [3.05, 3.63) is 0 Å². The van der Waals surface area contributed by atoms with Crippen molar-refractivity contribution < 1.29 is 8.42 Å². The van der Waals surface area contributed by atoms with Gasteiger partial charge in [-0.15, -0.1) is 0 Å². The van der Waals surface area contributed by atoms with E-state index in [2.05, 4.69) is 5.32 Å². The first-order chi connectivity index (χ1) is 7.32. The average molecular weight is 248 g/mol. The molecule has 1 rings (SSSR count). The van der Waals surface area contributed by atoms with Gasteiger partial charge in [0.1, 0.15) is 0 Å². The Hall–Kier alpha value is -0.130. The van der Waals surface area contributed by atoms with Crippen LogP contribution in [0.15, 0.2) is 0 Å². The predicted octanol–water partition coefficient (Wildman–Crippen LogP) is 1.05. The molecule has 0 bridgehead atoms. The number of nitrogens with zero attached hydrogens (tertiary/aromatic N) is 1. The van der Waals surface area contributed by atoms with Crippen molar-refractivity contribution >= 4 is 10.0 Å². The first kappa shape index (κ1) is 13.9. The highest BCUT2D eigenvalue weighted by molar-refractivity contribution is 7.89. The molecule has 0 aliphatic carbocycles. The van der Waals surface area contributed by atoms with Crippen LogP contribution in [0.25, 0.3) is 0 Å². The Morgan fingerprint density at radius 2 is 2.06 bits per heavy atom. The molecule has 1 aliphatic rings. The van der Waals surface area contributed by atoms with E-state index in [0.29, 0.717) is 6.54 Å². The van der Waals surface area contributed by atoms with E-state index in [4.69, 9.17) is 0 Å². The molecule has 0 radical (unpaired) electrons. The van der Waals surface area contributed by atoms with E-state index in [1.54, 1.807) is 4.31 Å². The van der Waals surface area contributed by atoms with Crippen molar-refractivity contribution in [3.8, 4) is 0 Å². The lowest BCUT2D eigenvalue weighted by molar-refractivity contribution is 0.259. The Morgan fingerprint density at radius 1 is 1.44 bits per heavy atom. The second-order valence-electron chi connectivity index (χ2n) is 5.38. The van der Waals surface area contributed by atoms with Gasteiger partial charge in [-0.2, -0.15) is 4.31 Å². The molecule has 1 N–H and O–H groups in total. The molecule has 5 heteroatoms. The van der Waals surface area contributed by atoms with Crippen molar-refractivity contribution in [1.29, 1.82) is 0 Å². The molecule has 1 aliphatic heterocycles. The Bertz CT molecular complexity index is 327. The van der Waals surface area contributed by atoms with Crippen LogP contribution >= 0.6 is 0 Å². The highest BCUT2D eigenvalue weighted by atomic mass is 32.2. The topological polar surface area (TPSA) is 49.4 Å². The molecule has 0 aromatic rings. The molecule has 0 amide bonds.